The second-order valence-corrected chi connectivity index (χ2v) is 7.32. The Kier molecular flexibility index (Phi) is 5.03. The minimum atomic E-state index is -0.614. The van der Waals surface area contributed by atoms with Gasteiger partial charge in [-0.3, -0.25) is 10.1 Å². The molecule has 32 heavy (non-hydrogen) atoms. The maximum absolute atomic E-state index is 12.6. The first-order valence-electron chi connectivity index (χ1n) is 10.3. The fourth-order valence-electron chi connectivity index (χ4n) is 3.80. The van der Waals surface area contributed by atoms with Crippen LogP contribution in [-0.4, -0.2) is 33.1 Å². The van der Waals surface area contributed by atoms with Crippen LogP contribution in [0.2, 0.25) is 0 Å². The molecule has 2 aromatic carbocycles. The van der Waals surface area contributed by atoms with Crippen LogP contribution in [0.4, 0.5) is 5.95 Å². The average Bonchev–Trinajstić information content (AvgIpc) is 3.34. The zero-order valence-electron chi connectivity index (χ0n) is 17.3. The molecule has 160 valence electrons. The number of ether oxygens (including phenoxy) is 2. The Balaban J connectivity index is 1.34. The van der Waals surface area contributed by atoms with Crippen LogP contribution in [0.5, 0.6) is 5.75 Å². The number of hydrogen-bond donors (Lipinski definition) is 1. The Morgan fingerprint density at radius 2 is 1.88 bits per heavy atom. The van der Waals surface area contributed by atoms with Gasteiger partial charge in [-0.05, 0) is 31.2 Å². The van der Waals surface area contributed by atoms with Crippen LogP contribution in [0.15, 0.2) is 66.9 Å². The van der Waals surface area contributed by atoms with Crippen molar-refractivity contribution in [1.29, 1.82) is 0 Å². The van der Waals surface area contributed by atoms with Crippen LogP contribution in [-0.2, 0) is 9.53 Å². The van der Waals surface area contributed by atoms with Crippen LogP contribution in [0.3, 0.4) is 0 Å². The van der Waals surface area contributed by atoms with Gasteiger partial charge in [-0.25, -0.2) is 9.31 Å². The topological polar surface area (TPSA) is 94.8 Å². The number of aromatic nitrogens is 3. The third-order valence-electron chi connectivity index (χ3n) is 5.23. The lowest BCUT2D eigenvalue weighted by molar-refractivity contribution is -0.118. The first kappa shape index (κ1) is 19.7. The number of hydrogen-bond acceptors (Lipinski definition) is 6. The van der Waals surface area contributed by atoms with Gasteiger partial charge in [-0.1, -0.05) is 36.4 Å². The van der Waals surface area contributed by atoms with E-state index >= 15 is 0 Å². The van der Waals surface area contributed by atoms with Gasteiger partial charge in [0.15, 0.2) is 5.65 Å². The third kappa shape index (κ3) is 3.66. The lowest BCUT2D eigenvalue weighted by atomic mass is 10.0. The van der Waals surface area contributed by atoms with Gasteiger partial charge < -0.3 is 9.47 Å². The molecule has 1 aliphatic heterocycles. The molecule has 0 saturated heterocycles. The number of fused-ring (bicyclic) bond motifs is 2. The number of rotatable bonds is 6. The van der Waals surface area contributed by atoms with Crippen molar-refractivity contribution < 1.29 is 19.1 Å². The molecule has 4 aromatic rings. The second kappa shape index (κ2) is 8.14. The normalized spacial score (nSPS) is 14.8. The minimum absolute atomic E-state index is 0.00864. The summed E-state index contributed by atoms with van der Waals surface area (Å²) in [5, 5.41) is 7.07. The van der Waals surface area contributed by atoms with Crippen molar-refractivity contribution in [3.05, 3.63) is 78.0 Å². The molecule has 0 fully saturated rings. The molecular formula is C24H20N4O4. The fraction of sp³-hybridized carbons (Fsp3) is 0.167. The lowest BCUT2D eigenvalue weighted by Gasteiger charge is -2.10. The number of cyclic esters (lactones) is 1. The quantitative estimate of drug-likeness (QED) is 0.466. The van der Waals surface area contributed by atoms with Crippen molar-refractivity contribution in [1.82, 2.24) is 14.6 Å². The molecule has 0 saturated carbocycles. The second-order valence-electron chi connectivity index (χ2n) is 7.32. The Bertz CT molecular complexity index is 1330. The molecule has 0 radical (unpaired) electrons. The number of para-hydroxylation sites is 1. The summed E-state index contributed by atoms with van der Waals surface area (Å²) in [6.07, 6.45) is 1.22. The molecule has 0 unspecified atom stereocenters. The predicted octanol–water partition coefficient (Wildman–Crippen LogP) is 4.04. The van der Waals surface area contributed by atoms with Gasteiger partial charge in [-0.2, -0.15) is 4.98 Å². The summed E-state index contributed by atoms with van der Waals surface area (Å²) < 4.78 is 12.7. The Hall–Kier alpha value is -4.20. The van der Waals surface area contributed by atoms with Gasteiger partial charge >= 0.3 is 5.97 Å². The monoisotopic (exact) mass is 428 g/mol. The highest BCUT2D eigenvalue weighted by Gasteiger charge is 2.32. The van der Waals surface area contributed by atoms with Crippen LogP contribution < -0.4 is 10.1 Å². The van der Waals surface area contributed by atoms with Gasteiger partial charge in [-0.15, -0.1) is 5.10 Å². The molecule has 5 rings (SSSR count). The number of pyridine rings is 1. The molecule has 8 nitrogen and oxygen atoms in total. The van der Waals surface area contributed by atoms with Crippen molar-refractivity contribution >= 4 is 23.5 Å². The standard InChI is InChI=1S/C24H20N4O4/c1-2-31-19-10-6-5-7-16(19)15-11-12-21-25-24(27-28(21)14-15)26-22(29)13-20-17-8-3-4-9-18(17)23(30)32-20/h3-12,14,20H,2,13H2,1H3,(H,26,27,29)/t20-/m0/s1. The summed E-state index contributed by atoms with van der Waals surface area (Å²) in [6, 6.07) is 18.6. The van der Waals surface area contributed by atoms with Crippen molar-refractivity contribution in [3.8, 4) is 16.9 Å². The Labute approximate surface area is 183 Å². The predicted molar refractivity (Wildman–Crippen MR) is 117 cm³/mol. The van der Waals surface area contributed by atoms with E-state index in [4.69, 9.17) is 9.47 Å². The first-order chi connectivity index (χ1) is 15.6. The molecule has 1 N–H and O–H groups in total. The summed E-state index contributed by atoms with van der Waals surface area (Å²) in [7, 11) is 0. The van der Waals surface area contributed by atoms with Crippen LogP contribution in [0.1, 0.15) is 35.4 Å². The first-order valence-corrected chi connectivity index (χ1v) is 10.3. The number of carbonyl (C=O) groups excluding carboxylic acids is 2. The largest absolute Gasteiger partial charge is 0.493 e. The molecule has 1 atom stereocenters. The molecule has 2 aromatic heterocycles. The van der Waals surface area contributed by atoms with Crippen LogP contribution in [0.25, 0.3) is 16.8 Å². The van der Waals surface area contributed by atoms with Crippen LogP contribution in [0, 0.1) is 0 Å². The van der Waals surface area contributed by atoms with Crippen molar-refractivity contribution in [2.75, 3.05) is 11.9 Å². The minimum Gasteiger partial charge on any atom is -0.493 e. The number of esters is 1. The van der Waals surface area contributed by atoms with Gasteiger partial charge in [0.25, 0.3) is 0 Å². The summed E-state index contributed by atoms with van der Waals surface area (Å²) >= 11 is 0. The summed E-state index contributed by atoms with van der Waals surface area (Å²) in [5.74, 6) is 0.221. The van der Waals surface area contributed by atoms with Crippen LogP contribution >= 0.6 is 0 Å². The summed E-state index contributed by atoms with van der Waals surface area (Å²) in [5.41, 5.74) is 3.66. The van der Waals surface area contributed by atoms with E-state index in [2.05, 4.69) is 15.4 Å². The smallest absolute Gasteiger partial charge is 0.339 e. The van der Waals surface area contributed by atoms with E-state index < -0.39 is 12.1 Å². The van der Waals surface area contributed by atoms with E-state index in [0.29, 0.717) is 23.4 Å². The van der Waals surface area contributed by atoms with Crippen molar-refractivity contribution in [3.63, 3.8) is 0 Å². The van der Waals surface area contributed by atoms with E-state index in [1.807, 2.05) is 55.6 Å². The van der Waals surface area contributed by atoms with Gasteiger partial charge in [0.1, 0.15) is 11.9 Å². The number of nitrogens with one attached hydrogen (secondary N) is 1. The number of nitrogens with zero attached hydrogens (tertiary/aromatic N) is 3. The van der Waals surface area contributed by atoms with Gasteiger partial charge in [0, 0.05) is 22.9 Å². The molecule has 0 spiro atoms. The highest BCUT2D eigenvalue weighted by atomic mass is 16.5. The van der Waals surface area contributed by atoms with Crippen molar-refractivity contribution in [2.45, 2.75) is 19.4 Å². The Morgan fingerprint density at radius 3 is 2.72 bits per heavy atom. The molecule has 3 heterocycles. The van der Waals surface area contributed by atoms with E-state index in [1.54, 1.807) is 22.7 Å². The molecule has 1 aliphatic rings. The summed E-state index contributed by atoms with van der Waals surface area (Å²) in [4.78, 5) is 28.9. The zero-order valence-corrected chi connectivity index (χ0v) is 17.3. The lowest BCUT2D eigenvalue weighted by Crippen LogP contribution is -2.16. The molecular weight excluding hydrogens is 408 g/mol. The molecule has 8 heteroatoms. The number of amides is 1. The average molecular weight is 428 g/mol. The molecule has 1 amide bonds. The van der Waals surface area contributed by atoms with Crippen molar-refractivity contribution in [2.24, 2.45) is 0 Å². The number of anilines is 1. The molecule has 0 aliphatic carbocycles. The SMILES string of the molecule is CCOc1ccccc1-c1ccc2nc(NC(=O)C[C@@H]3OC(=O)c4ccccc43)nn2c1. The Morgan fingerprint density at radius 1 is 1.09 bits per heavy atom. The molecule has 0 bridgehead atoms. The maximum Gasteiger partial charge on any atom is 0.339 e. The van der Waals surface area contributed by atoms with E-state index in [-0.39, 0.29) is 18.3 Å². The highest BCUT2D eigenvalue weighted by molar-refractivity contribution is 5.96. The van der Waals surface area contributed by atoms with E-state index in [0.717, 1.165) is 16.9 Å². The maximum atomic E-state index is 12.6. The fourth-order valence-corrected chi connectivity index (χ4v) is 3.80. The number of benzene rings is 2. The van der Waals surface area contributed by atoms with E-state index in [9.17, 15) is 9.59 Å². The van der Waals surface area contributed by atoms with E-state index in [1.165, 1.54) is 0 Å². The van der Waals surface area contributed by atoms with Gasteiger partial charge in [0.2, 0.25) is 11.9 Å². The van der Waals surface area contributed by atoms with Gasteiger partial charge in [0.05, 0.1) is 18.6 Å². The number of carbonyl (C=O) groups is 2. The highest BCUT2D eigenvalue weighted by Crippen LogP contribution is 2.33. The zero-order chi connectivity index (χ0) is 22.1. The third-order valence-corrected chi connectivity index (χ3v) is 5.23. The summed E-state index contributed by atoms with van der Waals surface area (Å²) in [6.45, 7) is 2.51.